The fourth-order valence-electron chi connectivity index (χ4n) is 1.99. The minimum Gasteiger partial charge on any atom is -0.319 e. The summed E-state index contributed by atoms with van der Waals surface area (Å²) in [5.74, 6) is -0.312. The van der Waals surface area contributed by atoms with Crippen molar-refractivity contribution >= 4 is 11.9 Å². The van der Waals surface area contributed by atoms with Crippen molar-refractivity contribution in [2.24, 2.45) is 0 Å². The highest BCUT2D eigenvalue weighted by molar-refractivity contribution is 6.07. The maximum atomic E-state index is 11.9. The van der Waals surface area contributed by atoms with Crippen molar-refractivity contribution in [2.45, 2.75) is 38.8 Å². The average molecular weight is 236 g/mol. The summed E-state index contributed by atoms with van der Waals surface area (Å²) in [5.41, 5.74) is -0.249. The van der Waals surface area contributed by atoms with Gasteiger partial charge in [0, 0.05) is 17.8 Å². The van der Waals surface area contributed by atoms with Crippen molar-refractivity contribution in [3.8, 4) is 0 Å². The van der Waals surface area contributed by atoms with Crippen molar-refractivity contribution in [3.63, 3.8) is 0 Å². The highest BCUT2D eigenvalue weighted by Gasteiger charge is 2.47. The molecule has 2 rings (SSSR count). The molecule has 1 atom stereocenters. The van der Waals surface area contributed by atoms with Crippen LogP contribution in [0.15, 0.2) is 12.4 Å². The minimum absolute atomic E-state index is 0.220. The molecule has 1 fully saturated rings. The average Bonchev–Trinajstić information content (AvgIpc) is 2.83. The smallest absolute Gasteiger partial charge is 0.319 e. The zero-order valence-electron chi connectivity index (χ0n) is 10.2. The van der Waals surface area contributed by atoms with Gasteiger partial charge in [0.25, 0.3) is 5.91 Å². The molecule has 1 aromatic rings. The molecule has 1 aliphatic heterocycles. The summed E-state index contributed by atoms with van der Waals surface area (Å²) in [4.78, 5) is 23.2. The largest absolute Gasteiger partial charge is 0.322 e. The van der Waals surface area contributed by atoms with Crippen LogP contribution in [0.25, 0.3) is 0 Å². The van der Waals surface area contributed by atoms with Crippen LogP contribution in [0.1, 0.15) is 38.8 Å². The molecule has 92 valence electrons. The van der Waals surface area contributed by atoms with Crippen LogP contribution in [0.4, 0.5) is 4.79 Å². The molecule has 0 spiro atoms. The number of carbonyl (C=O) groups is 2. The molecule has 1 saturated heterocycles. The zero-order valence-corrected chi connectivity index (χ0v) is 10.2. The quantitative estimate of drug-likeness (QED) is 0.766. The van der Waals surface area contributed by atoms with E-state index in [4.69, 9.17) is 0 Å². The summed E-state index contributed by atoms with van der Waals surface area (Å²) >= 11 is 0. The third kappa shape index (κ3) is 1.69. The summed E-state index contributed by atoms with van der Waals surface area (Å²) in [7, 11) is 0. The molecule has 3 amide bonds. The van der Waals surface area contributed by atoms with Crippen LogP contribution in [0.5, 0.6) is 0 Å². The molecule has 17 heavy (non-hydrogen) atoms. The first-order chi connectivity index (χ1) is 7.99. The van der Waals surface area contributed by atoms with Crippen molar-refractivity contribution in [1.29, 1.82) is 0 Å². The zero-order chi connectivity index (χ0) is 12.6. The lowest BCUT2D eigenvalue weighted by Crippen LogP contribution is -2.42. The normalized spacial score (nSPS) is 24.0. The van der Waals surface area contributed by atoms with Gasteiger partial charge < -0.3 is 5.32 Å². The Balaban J connectivity index is 2.41. The summed E-state index contributed by atoms with van der Waals surface area (Å²) in [6, 6.07) is -0.230. The van der Waals surface area contributed by atoms with E-state index in [0.717, 1.165) is 5.56 Å². The third-order valence-electron chi connectivity index (χ3n) is 3.10. The van der Waals surface area contributed by atoms with E-state index < -0.39 is 11.6 Å². The number of imide groups is 1. The van der Waals surface area contributed by atoms with Crippen LogP contribution in [0, 0.1) is 0 Å². The van der Waals surface area contributed by atoms with E-state index >= 15 is 0 Å². The summed E-state index contributed by atoms with van der Waals surface area (Å²) < 4.78 is 1.77. The van der Waals surface area contributed by atoms with Gasteiger partial charge in [-0.05, 0) is 20.3 Å². The maximum absolute atomic E-state index is 11.9. The minimum atomic E-state index is -0.968. The molecule has 6 heteroatoms. The highest BCUT2D eigenvalue weighted by Crippen LogP contribution is 2.28. The molecule has 0 saturated carbocycles. The predicted octanol–water partition coefficient (Wildman–Crippen LogP) is 0.909. The number of urea groups is 1. The Morgan fingerprint density at radius 1 is 1.47 bits per heavy atom. The Hall–Kier alpha value is -1.85. The number of carbonyl (C=O) groups excluding carboxylic acids is 2. The number of amides is 3. The molecular weight excluding hydrogens is 220 g/mol. The lowest BCUT2D eigenvalue weighted by Gasteiger charge is -2.22. The Morgan fingerprint density at radius 3 is 2.59 bits per heavy atom. The number of nitrogens with zero attached hydrogens (tertiary/aromatic N) is 2. The van der Waals surface area contributed by atoms with Gasteiger partial charge in [-0.1, -0.05) is 6.92 Å². The van der Waals surface area contributed by atoms with Gasteiger partial charge in [-0.3, -0.25) is 14.8 Å². The summed E-state index contributed by atoms with van der Waals surface area (Å²) in [6.45, 7) is 5.86. The predicted molar refractivity (Wildman–Crippen MR) is 61.3 cm³/mol. The van der Waals surface area contributed by atoms with Crippen LogP contribution in [-0.4, -0.2) is 21.7 Å². The van der Waals surface area contributed by atoms with E-state index in [0.29, 0.717) is 6.42 Å². The van der Waals surface area contributed by atoms with Crippen LogP contribution in [0.2, 0.25) is 0 Å². The van der Waals surface area contributed by atoms with E-state index in [1.54, 1.807) is 17.1 Å². The number of hydrogen-bond donors (Lipinski definition) is 2. The third-order valence-corrected chi connectivity index (χ3v) is 3.10. The molecule has 0 bridgehead atoms. The van der Waals surface area contributed by atoms with Crippen molar-refractivity contribution in [2.75, 3.05) is 0 Å². The summed E-state index contributed by atoms with van der Waals surface area (Å²) in [5, 5.41) is 9.15. The first kappa shape index (κ1) is 11.6. The van der Waals surface area contributed by atoms with Crippen molar-refractivity contribution in [3.05, 3.63) is 18.0 Å². The first-order valence-electron chi connectivity index (χ1n) is 5.68. The monoisotopic (exact) mass is 236 g/mol. The second-order valence-electron chi connectivity index (χ2n) is 4.47. The fourth-order valence-corrected chi connectivity index (χ4v) is 1.99. The number of rotatable bonds is 3. The Kier molecular flexibility index (Phi) is 2.65. The van der Waals surface area contributed by atoms with Gasteiger partial charge in [-0.2, -0.15) is 5.10 Å². The van der Waals surface area contributed by atoms with E-state index in [2.05, 4.69) is 15.7 Å². The van der Waals surface area contributed by atoms with Gasteiger partial charge in [0.05, 0.1) is 6.20 Å². The topological polar surface area (TPSA) is 76.0 Å². The number of hydrogen-bond acceptors (Lipinski definition) is 3. The Labute approximate surface area is 99.4 Å². The molecule has 6 nitrogen and oxygen atoms in total. The van der Waals surface area contributed by atoms with Gasteiger partial charge in [0.2, 0.25) is 0 Å². The number of aromatic nitrogens is 2. The molecule has 2 N–H and O–H groups in total. The molecule has 1 aromatic heterocycles. The maximum Gasteiger partial charge on any atom is 0.322 e. The first-order valence-corrected chi connectivity index (χ1v) is 5.68. The lowest BCUT2D eigenvalue weighted by molar-refractivity contribution is -0.124. The highest BCUT2D eigenvalue weighted by atomic mass is 16.2. The lowest BCUT2D eigenvalue weighted by atomic mass is 9.90. The second kappa shape index (κ2) is 3.87. The molecular formula is C11H16N4O2. The van der Waals surface area contributed by atoms with Gasteiger partial charge in [-0.25, -0.2) is 4.79 Å². The Morgan fingerprint density at radius 2 is 2.18 bits per heavy atom. The molecule has 2 heterocycles. The molecule has 0 radical (unpaired) electrons. The molecule has 0 aromatic carbocycles. The van der Waals surface area contributed by atoms with Crippen molar-refractivity contribution < 1.29 is 9.59 Å². The molecule has 1 aliphatic rings. The number of nitrogens with one attached hydrogen (secondary N) is 2. The van der Waals surface area contributed by atoms with Crippen LogP contribution in [-0.2, 0) is 10.3 Å². The van der Waals surface area contributed by atoms with E-state index in [1.807, 2.05) is 20.8 Å². The van der Waals surface area contributed by atoms with Crippen LogP contribution < -0.4 is 10.6 Å². The van der Waals surface area contributed by atoms with Gasteiger partial charge >= 0.3 is 6.03 Å². The summed E-state index contributed by atoms with van der Waals surface area (Å²) in [6.07, 6.45) is 3.93. The van der Waals surface area contributed by atoms with Crippen LogP contribution >= 0.6 is 0 Å². The standard InChI is InChI=1S/C11H16N4O2/c1-4-11(9(16)13-10(17)14-11)8-5-12-15(6-8)7(2)3/h5-7H,4H2,1-3H3,(H2,13,14,16,17)/t11-/m0/s1. The van der Waals surface area contributed by atoms with Gasteiger partial charge in [0.15, 0.2) is 0 Å². The van der Waals surface area contributed by atoms with E-state index in [-0.39, 0.29) is 11.9 Å². The van der Waals surface area contributed by atoms with Crippen molar-refractivity contribution in [1.82, 2.24) is 20.4 Å². The molecule has 0 aliphatic carbocycles. The second-order valence-corrected chi connectivity index (χ2v) is 4.47. The van der Waals surface area contributed by atoms with Gasteiger partial charge in [0.1, 0.15) is 5.54 Å². The van der Waals surface area contributed by atoms with E-state index in [9.17, 15) is 9.59 Å². The van der Waals surface area contributed by atoms with Gasteiger partial charge in [-0.15, -0.1) is 0 Å². The van der Waals surface area contributed by atoms with Crippen LogP contribution in [0.3, 0.4) is 0 Å². The fraction of sp³-hybridized carbons (Fsp3) is 0.545. The Bertz CT molecular complexity index is 466. The SMILES string of the molecule is CC[C@@]1(c2cnn(C(C)C)c2)NC(=O)NC1=O. The van der Waals surface area contributed by atoms with E-state index in [1.165, 1.54) is 0 Å². The molecule has 0 unspecified atom stereocenters.